The van der Waals surface area contributed by atoms with Gasteiger partial charge in [0.25, 0.3) is 0 Å². The van der Waals surface area contributed by atoms with Gasteiger partial charge in [-0.05, 0) is 43.4 Å². The number of aryl methyl sites for hydroxylation is 1. The molecule has 0 radical (unpaired) electrons. The summed E-state index contributed by atoms with van der Waals surface area (Å²) in [5, 5.41) is 0. The van der Waals surface area contributed by atoms with E-state index in [4.69, 9.17) is 24.7 Å². The van der Waals surface area contributed by atoms with Gasteiger partial charge in [-0.2, -0.15) is 0 Å². The summed E-state index contributed by atoms with van der Waals surface area (Å²) in [6.45, 7) is 4.13. The predicted molar refractivity (Wildman–Crippen MR) is 130 cm³/mol. The molecule has 1 saturated heterocycles. The largest absolute Gasteiger partial charge is 0.501 e. The number of cyclic esters (lactones) is 1. The lowest BCUT2D eigenvalue weighted by atomic mass is 9.45. The second-order valence-electron chi connectivity index (χ2n) is 11.1. The number of nitrogens with two attached hydrogens (primary N) is 1. The first-order valence-corrected chi connectivity index (χ1v) is 12.8. The molecule has 9 heteroatoms. The monoisotopic (exact) mass is 511 g/mol. The Balaban J connectivity index is 1.51. The Labute approximate surface area is 215 Å². The SMILES string of the molecule is COC(=O)[C@@H]1C[C@H](OC(=O)c2ccc(C)cc2)C(=O)[C@H]2[C@@]1(C)CC[C@H]1C(=O)O[C@H](C3C=COC3)C[C@@]12N. The Morgan fingerprint density at radius 3 is 2.54 bits per heavy atom. The molecule has 0 bridgehead atoms. The predicted octanol–water partition coefficient (Wildman–Crippen LogP) is 2.49. The van der Waals surface area contributed by atoms with Crippen molar-refractivity contribution in [3.05, 3.63) is 47.7 Å². The van der Waals surface area contributed by atoms with Crippen LogP contribution in [0.5, 0.6) is 0 Å². The third-order valence-corrected chi connectivity index (χ3v) is 8.98. The summed E-state index contributed by atoms with van der Waals surface area (Å²) >= 11 is 0. The number of Topliss-reactive ketones (excluding diaryl/α,β-unsaturated/α-hetero) is 1. The first-order chi connectivity index (χ1) is 17.6. The topological polar surface area (TPSA) is 131 Å². The molecule has 4 aliphatic rings. The molecule has 2 N–H and O–H groups in total. The smallest absolute Gasteiger partial charge is 0.338 e. The number of ether oxygens (including phenoxy) is 4. The van der Waals surface area contributed by atoms with Crippen LogP contribution in [0.25, 0.3) is 0 Å². The fourth-order valence-corrected chi connectivity index (χ4v) is 7.00. The molecule has 1 unspecified atom stereocenters. The van der Waals surface area contributed by atoms with Gasteiger partial charge in [0.05, 0.1) is 43.3 Å². The number of esters is 3. The minimum atomic E-state index is -1.28. The molecular formula is C28H33NO8. The molecule has 2 heterocycles. The van der Waals surface area contributed by atoms with Crippen LogP contribution >= 0.6 is 0 Å². The van der Waals surface area contributed by atoms with E-state index in [0.29, 0.717) is 25.0 Å². The summed E-state index contributed by atoms with van der Waals surface area (Å²) in [7, 11) is 1.30. The van der Waals surface area contributed by atoms with Gasteiger partial charge < -0.3 is 24.7 Å². The maximum absolute atomic E-state index is 14.1. The molecule has 2 aliphatic carbocycles. The second kappa shape index (κ2) is 9.28. The number of fused-ring (bicyclic) bond motifs is 3. The molecule has 3 fully saturated rings. The molecule has 1 aromatic rings. The van der Waals surface area contributed by atoms with E-state index >= 15 is 0 Å². The molecule has 198 valence electrons. The normalized spacial score (nSPS) is 38.6. The van der Waals surface area contributed by atoms with Crippen LogP contribution in [0.4, 0.5) is 0 Å². The van der Waals surface area contributed by atoms with E-state index in [2.05, 4.69) is 0 Å². The highest BCUT2D eigenvalue weighted by atomic mass is 16.6. The Kier molecular flexibility index (Phi) is 6.38. The average molecular weight is 512 g/mol. The Morgan fingerprint density at radius 2 is 1.89 bits per heavy atom. The van der Waals surface area contributed by atoms with E-state index in [9.17, 15) is 19.2 Å². The highest BCUT2D eigenvalue weighted by Gasteiger charge is 2.68. The van der Waals surface area contributed by atoms with Gasteiger partial charge in [0.2, 0.25) is 0 Å². The highest BCUT2D eigenvalue weighted by Crippen LogP contribution is 2.59. The third kappa shape index (κ3) is 4.13. The number of ketones is 1. The molecule has 2 saturated carbocycles. The van der Waals surface area contributed by atoms with Crippen molar-refractivity contribution in [2.45, 2.75) is 57.3 Å². The van der Waals surface area contributed by atoms with Crippen molar-refractivity contribution in [1.29, 1.82) is 0 Å². The molecule has 5 rings (SSSR count). The van der Waals surface area contributed by atoms with Gasteiger partial charge >= 0.3 is 17.9 Å². The maximum atomic E-state index is 14.1. The Morgan fingerprint density at radius 1 is 1.16 bits per heavy atom. The second-order valence-corrected chi connectivity index (χ2v) is 11.1. The van der Waals surface area contributed by atoms with Crippen LogP contribution in [0, 0.1) is 36.0 Å². The summed E-state index contributed by atoms with van der Waals surface area (Å²) in [4.78, 5) is 53.3. The van der Waals surface area contributed by atoms with E-state index in [1.165, 1.54) is 7.11 Å². The van der Waals surface area contributed by atoms with Crippen LogP contribution in [-0.2, 0) is 33.3 Å². The van der Waals surface area contributed by atoms with Crippen molar-refractivity contribution in [3.8, 4) is 0 Å². The number of methoxy groups -OCH3 is 1. The lowest BCUT2D eigenvalue weighted by Gasteiger charge is -2.60. The van der Waals surface area contributed by atoms with E-state index in [-0.39, 0.29) is 24.5 Å². The molecule has 9 nitrogen and oxygen atoms in total. The van der Waals surface area contributed by atoms with Crippen LogP contribution in [-0.4, -0.2) is 55.2 Å². The molecule has 1 aromatic carbocycles. The van der Waals surface area contributed by atoms with Crippen LogP contribution < -0.4 is 5.73 Å². The van der Waals surface area contributed by atoms with Gasteiger partial charge in [0, 0.05) is 24.3 Å². The number of benzene rings is 1. The fraction of sp³-hybridized carbons (Fsp3) is 0.571. The number of hydrogen-bond donors (Lipinski definition) is 1. The van der Waals surface area contributed by atoms with E-state index < -0.39 is 58.8 Å². The lowest BCUT2D eigenvalue weighted by Crippen LogP contribution is -2.73. The van der Waals surface area contributed by atoms with Gasteiger partial charge in [0.15, 0.2) is 11.9 Å². The van der Waals surface area contributed by atoms with Crippen molar-refractivity contribution >= 4 is 23.7 Å². The third-order valence-electron chi connectivity index (χ3n) is 8.98. The van der Waals surface area contributed by atoms with E-state index in [0.717, 1.165) is 5.56 Å². The van der Waals surface area contributed by atoms with Crippen molar-refractivity contribution in [2.24, 2.45) is 34.8 Å². The van der Waals surface area contributed by atoms with Gasteiger partial charge in [-0.3, -0.25) is 14.4 Å². The minimum Gasteiger partial charge on any atom is -0.501 e. The number of rotatable bonds is 4. The molecule has 8 atom stereocenters. The summed E-state index contributed by atoms with van der Waals surface area (Å²) in [6.07, 6.45) is 2.69. The maximum Gasteiger partial charge on any atom is 0.338 e. The Bertz CT molecular complexity index is 1150. The van der Waals surface area contributed by atoms with Crippen LogP contribution in [0.15, 0.2) is 36.6 Å². The van der Waals surface area contributed by atoms with Crippen molar-refractivity contribution in [1.82, 2.24) is 0 Å². The van der Waals surface area contributed by atoms with E-state index in [1.54, 1.807) is 30.5 Å². The van der Waals surface area contributed by atoms with Gasteiger partial charge in [-0.1, -0.05) is 24.6 Å². The highest BCUT2D eigenvalue weighted by molar-refractivity contribution is 5.96. The molecule has 2 aliphatic heterocycles. The number of hydrogen-bond acceptors (Lipinski definition) is 9. The van der Waals surface area contributed by atoms with Gasteiger partial charge in [-0.25, -0.2) is 4.79 Å². The zero-order valence-electron chi connectivity index (χ0n) is 21.3. The van der Waals surface area contributed by atoms with E-state index in [1.807, 2.05) is 19.9 Å². The summed E-state index contributed by atoms with van der Waals surface area (Å²) in [6, 6.07) is 6.83. The van der Waals surface area contributed by atoms with Crippen LogP contribution in [0.1, 0.15) is 48.5 Å². The molecular weight excluding hydrogens is 478 g/mol. The summed E-state index contributed by atoms with van der Waals surface area (Å²) < 4.78 is 22.0. The molecule has 0 aromatic heterocycles. The van der Waals surface area contributed by atoms with Crippen LogP contribution in [0.2, 0.25) is 0 Å². The average Bonchev–Trinajstić information content (AvgIpc) is 3.40. The van der Waals surface area contributed by atoms with Crippen molar-refractivity contribution < 1.29 is 38.1 Å². The number of carbonyl (C=O) groups excluding carboxylic acids is 4. The summed E-state index contributed by atoms with van der Waals surface area (Å²) in [5.41, 5.74) is 6.23. The summed E-state index contributed by atoms with van der Waals surface area (Å²) in [5.74, 6) is -4.47. The van der Waals surface area contributed by atoms with Crippen molar-refractivity contribution in [2.75, 3.05) is 13.7 Å². The molecule has 0 spiro atoms. The van der Waals surface area contributed by atoms with Crippen molar-refractivity contribution in [3.63, 3.8) is 0 Å². The molecule has 0 amide bonds. The number of carbonyl (C=O) groups is 4. The minimum absolute atomic E-state index is 0.00390. The Hall–Kier alpha value is -3.20. The first-order valence-electron chi connectivity index (χ1n) is 12.8. The zero-order chi connectivity index (χ0) is 26.5. The quantitative estimate of drug-likeness (QED) is 0.478. The van der Waals surface area contributed by atoms with Crippen LogP contribution in [0.3, 0.4) is 0 Å². The van der Waals surface area contributed by atoms with Gasteiger partial charge in [0.1, 0.15) is 6.10 Å². The fourth-order valence-electron chi connectivity index (χ4n) is 7.00. The van der Waals surface area contributed by atoms with Gasteiger partial charge in [-0.15, -0.1) is 0 Å². The molecule has 37 heavy (non-hydrogen) atoms. The zero-order valence-corrected chi connectivity index (χ0v) is 21.3. The standard InChI is InChI=1S/C28H33NO8/c1-15-4-6-16(7-5-15)24(31)36-20-12-19(25(32)34-3)27(2)10-8-18-26(33)37-21(17-9-11-35-14-17)13-28(18,29)23(27)22(20)30/h4-7,9,11,17-21,23H,8,10,12-14,29H2,1-3H3/t17?,18-,19-,20-,21-,23-,27-,28+/m0/s1. The first kappa shape index (κ1) is 25.4. The lowest BCUT2D eigenvalue weighted by molar-refractivity contribution is -0.196.